The van der Waals surface area contributed by atoms with Gasteiger partial charge < -0.3 is 14.8 Å². The van der Waals surface area contributed by atoms with Crippen LogP contribution in [-0.2, 0) is 9.53 Å². The van der Waals surface area contributed by atoms with Crippen molar-refractivity contribution >= 4 is 24.5 Å². The van der Waals surface area contributed by atoms with E-state index in [0.29, 0.717) is 12.4 Å². The first kappa shape index (κ1) is 16.3. The van der Waals surface area contributed by atoms with Crippen LogP contribution >= 0.6 is 12.4 Å². The number of halogens is 1. The average Bonchev–Trinajstić information content (AvgIpc) is 2.33. The highest BCUT2D eigenvalue weighted by molar-refractivity contribution is 5.85. The van der Waals surface area contributed by atoms with Gasteiger partial charge in [0.15, 0.2) is 0 Å². The Labute approximate surface area is 124 Å². The van der Waals surface area contributed by atoms with E-state index in [2.05, 4.69) is 5.32 Å². The zero-order valence-electron chi connectivity index (χ0n) is 11.6. The van der Waals surface area contributed by atoms with Gasteiger partial charge in [0.05, 0.1) is 6.04 Å². The summed E-state index contributed by atoms with van der Waals surface area (Å²) in [6.07, 6.45) is -0.409. The normalized spacial score (nSPS) is 20.1. The van der Waals surface area contributed by atoms with E-state index in [1.54, 1.807) is 12.1 Å². The number of hydrogen-bond acceptors (Lipinski definition) is 4. The Morgan fingerprint density at radius 1 is 1.35 bits per heavy atom. The summed E-state index contributed by atoms with van der Waals surface area (Å²) in [5.74, 6) is 0.139. The second kappa shape index (κ2) is 6.13. The number of ether oxygens (including phenoxy) is 2. The number of hydrogen-bond donors (Lipinski definition) is 1. The molecule has 1 aliphatic rings. The molecule has 0 aromatic heterocycles. The van der Waals surface area contributed by atoms with Crippen molar-refractivity contribution < 1.29 is 19.1 Å². The predicted octanol–water partition coefficient (Wildman–Crippen LogP) is 2.84. The van der Waals surface area contributed by atoms with Gasteiger partial charge in [-0.25, -0.2) is 4.79 Å². The van der Waals surface area contributed by atoms with E-state index in [4.69, 9.17) is 9.47 Å². The van der Waals surface area contributed by atoms with Crippen molar-refractivity contribution in [3.8, 4) is 5.75 Å². The molecule has 1 amide bonds. The molecule has 110 valence electrons. The fraction of sp³-hybridized carbons (Fsp3) is 0.429. The average molecular weight is 300 g/mol. The van der Waals surface area contributed by atoms with E-state index in [-0.39, 0.29) is 29.8 Å². The van der Waals surface area contributed by atoms with Gasteiger partial charge in [-0.15, -0.1) is 12.4 Å². The maximum absolute atomic E-state index is 11.3. The number of alkyl carbamates (subject to hydrolysis) is 1. The molecule has 0 aliphatic carbocycles. The summed E-state index contributed by atoms with van der Waals surface area (Å²) in [6, 6.07) is 7.00. The Bertz CT molecular complexity index is 498. The van der Waals surface area contributed by atoms with Gasteiger partial charge in [-0.2, -0.15) is 0 Å². The zero-order chi connectivity index (χ0) is 14.0. The van der Waals surface area contributed by atoms with Gasteiger partial charge in [-0.3, -0.25) is 4.79 Å². The molecule has 1 aliphatic heterocycles. The van der Waals surface area contributed by atoms with E-state index in [1.807, 2.05) is 26.0 Å². The molecule has 1 N–H and O–H groups in total. The number of benzene rings is 1. The van der Waals surface area contributed by atoms with Crippen LogP contribution in [0.2, 0.25) is 0 Å². The SMILES string of the molecule is CC(=O)Oc1ccc([C@@H]2NC(=O)OCC2(C)C)cc1.Cl. The standard InChI is InChI=1S/C14H17NO4.ClH/c1-9(16)19-11-6-4-10(5-7-11)12-14(2,3)8-18-13(17)15-12;/h4-7,12H,8H2,1-3H3,(H,15,17);1H/t12-;/m0./s1. The zero-order valence-corrected chi connectivity index (χ0v) is 12.5. The summed E-state index contributed by atoms with van der Waals surface area (Å²) < 4.78 is 9.98. The molecular weight excluding hydrogens is 282 g/mol. The van der Waals surface area contributed by atoms with Gasteiger partial charge in [0.1, 0.15) is 12.4 Å². The molecule has 1 aromatic carbocycles. The lowest BCUT2D eigenvalue weighted by molar-refractivity contribution is -0.131. The molecule has 0 bridgehead atoms. The van der Waals surface area contributed by atoms with Crippen LogP contribution in [0.25, 0.3) is 0 Å². The minimum absolute atomic E-state index is 0. The van der Waals surface area contributed by atoms with Crippen LogP contribution < -0.4 is 10.1 Å². The first-order valence-electron chi connectivity index (χ1n) is 6.10. The second-order valence-electron chi connectivity index (χ2n) is 5.30. The number of rotatable bonds is 2. The van der Waals surface area contributed by atoms with E-state index in [0.717, 1.165) is 5.56 Å². The van der Waals surface area contributed by atoms with Crippen molar-refractivity contribution in [3.05, 3.63) is 29.8 Å². The molecule has 0 saturated carbocycles. The first-order valence-corrected chi connectivity index (χ1v) is 6.10. The Morgan fingerprint density at radius 2 is 1.95 bits per heavy atom. The molecule has 1 saturated heterocycles. The Balaban J connectivity index is 0.00000200. The van der Waals surface area contributed by atoms with Crippen LogP contribution in [0.4, 0.5) is 4.79 Å². The first-order chi connectivity index (χ1) is 8.88. The Hall–Kier alpha value is -1.75. The molecule has 1 atom stereocenters. The number of nitrogens with one attached hydrogen (secondary N) is 1. The fourth-order valence-electron chi connectivity index (χ4n) is 2.12. The number of carbonyl (C=O) groups is 2. The number of cyclic esters (lactones) is 1. The highest BCUT2D eigenvalue weighted by atomic mass is 35.5. The third-order valence-corrected chi connectivity index (χ3v) is 3.09. The van der Waals surface area contributed by atoms with Crippen LogP contribution in [-0.4, -0.2) is 18.7 Å². The van der Waals surface area contributed by atoms with Crippen molar-refractivity contribution in [1.82, 2.24) is 5.32 Å². The van der Waals surface area contributed by atoms with Crippen LogP contribution in [0.1, 0.15) is 32.4 Å². The van der Waals surface area contributed by atoms with Gasteiger partial charge in [-0.05, 0) is 17.7 Å². The maximum atomic E-state index is 11.3. The highest BCUT2D eigenvalue weighted by Gasteiger charge is 2.37. The molecule has 0 unspecified atom stereocenters. The molecule has 20 heavy (non-hydrogen) atoms. The summed E-state index contributed by atoms with van der Waals surface area (Å²) >= 11 is 0. The van der Waals surface area contributed by atoms with Crippen molar-refractivity contribution in [1.29, 1.82) is 0 Å². The van der Waals surface area contributed by atoms with Crippen molar-refractivity contribution in [2.75, 3.05) is 6.61 Å². The molecule has 1 fully saturated rings. The Kier molecular flexibility index (Phi) is 5.00. The second-order valence-corrected chi connectivity index (χ2v) is 5.30. The Morgan fingerprint density at radius 3 is 2.50 bits per heavy atom. The van der Waals surface area contributed by atoms with Crippen molar-refractivity contribution in [2.24, 2.45) is 5.41 Å². The highest BCUT2D eigenvalue weighted by Crippen LogP contribution is 2.36. The van der Waals surface area contributed by atoms with E-state index >= 15 is 0 Å². The molecule has 1 aromatic rings. The van der Waals surface area contributed by atoms with Crippen molar-refractivity contribution in [3.63, 3.8) is 0 Å². The third-order valence-electron chi connectivity index (χ3n) is 3.09. The number of amides is 1. The molecule has 0 radical (unpaired) electrons. The minimum atomic E-state index is -0.409. The van der Waals surface area contributed by atoms with Crippen LogP contribution in [0.5, 0.6) is 5.75 Å². The molecule has 5 nitrogen and oxygen atoms in total. The maximum Gasteiger partial charge on any atom is 0.407 e. The van der Waals surface area contributed by atoms with Crippen LogP contribution in [0.3, 0.4) is 0 Å². The summed E-state index contributed by atoms with van der Waals surface area (Å²) in [7, 11) is 0. The number of carbonyl (C=O) groups excluding carboxylic acids is 2. The molecule has 6 heteroatoms. The topological polar surface area (TPSA) is 64.6 Å². The third kappa shape index (κ3) is 3.63. The largest absolute Gasteiger partial charge is 0.449 e. The monoisotopic (exact) mass is 299 g/mol. The van der Waals surface area contributed by atoms with E-state index in [1.165, 1.54) is 6.92 Å². The van der Waals surface area contributed by atoms with Gasteiger partial charge in [-0.1, -0.05) is 26.0 Å². The summed E-state index contributed by atoms with van der Waals surface area (Å²) in [6.45, 7) is 5.78. The number of esters is 1. The van der Waals surface area contributed by atoms with E-state index < -0.39 is 6.09 Å². The van der Waals surface area contributed by atoms with Crippen LogP contribution in [0.15, 0.2) is 24.3 Å². The lowest BCUT2D eigenvalue weighted by Crippen LogP contribution is -2.46. The van der Waals surface area contributed by atoms with Gasteiger partial charge >= 0.3 is 12.1 Å². The predicted molar refractivity (Wildman–Crippen MR) is 76.0 cm³/mol. The molecule has 2 rings (SSSR count). The lowest BCUT2D eigenvalue weighted by Gasteiger charge is -2.38. The quantitative estimate of drug-likeness (QED) is 0.673. The molecular formula is C14H18ClNO4. The molecule has 1 heterocycles. The molecule has 0 spiro atoms. The summed E-state index contributed by atoms with van der Waals surface area (Å²) in [4.78, 5) is 22.2. The minimum Gasteiger partial charge on any atom is -0.449 e. The van der Waals surface area contributed by atoms with Crippen LogP contribution in [0, 0.1) is 5.41 Å². The smallest absolute Gasteiger partial charge is 0.407 e. The van der Waals surface area contributed by atoms with Gasteiger partial charge in [0.2, 0.25) is 0 Å². The van der Waals surface area contributed by atoms with Gasteiger partial charge in [0.25, 0.3) is 0 Å². The van der Waals surface area contributed by atoms with E-state index in [9.17, 15) is 9.59 Å². The lowest BCUT2D eigenvalue weighted by atomic mass is 9.80. The summed E-state index contributed by atoms with van der Waals surface area (Å²) in [5.41, 5.74) is 0.759. The fourth-order valence-corrected chi connectivity index (χ4v) is 2.12. The van der Waals surface area contributed by atoms with Crippen molar-refractivity contribution in [2.45, 2.75) is 26.8 Å². The summed E-state index contributed by atoms with van der Waals surface area (Å²) in [5, 5.41) is 2.81. The van der Waals surface area contributed by atoms with Gasteiger partial charge in [0, 0.05) is 12.3 Å².